The molecule has 0 aliphatic rings. The van der Waals surface area contributed by atoms with Crippen molar-refractivity contribution in [3.63, 3.8) is 0 Å². The van der Waals surface area contributed by atoms with E-state index in [-0.39, 0.29) is 10.6 Å². The Morgan fingerprint density at radius 1 is 1.20 bits per heavy atom. The number of carbonyl (C=O) groups is 1. The minimum Gasteiger partial charge on any atom is -0.320 e. The van der Waals surface area contributed by atoms with Crippen LogP contribution in [0.15, 0.2) is 57.9 Å². The van der Waals surface area contributed by atoms with Gasteiger partial charge in [-0.2, -0.15) is 0 Å². The van der Waals surface area contributed by atoms with Crippen molar-refractivity contribution in [1.82, 2.24) is 4.72 Å². The number of sulfonamides is 1. The summed E-state index contributed by atoms with van der Waals surface area (Å²) in [7, 11) is -3.51. The molecule has 2 N–H and O–H groups in total. The van der Waals surface area contributed by atoms with E-state index in [2.05, 4.69) is 26.0 Å². The molecule has 0 fully saturated rings. The second-order valence-corrected chi connectivity index (χ2v) is 7.70. The number of rotatable bonds is 6. The smallest absolute Gasteiger partial charge is 0.248 e. The van der Waals surface area contributed by atoms with Crippen LogP contribution in [0.25, 0.3) is 6.08 Å². The Kier molecular flexibility index (Phi) is 6.46. The van der Waals surface area contributed by atoms with Crippen molar-refractivity contribution < 1.29 is 17.6 Å². The summed E-state index contributed by atoms with van der Waals surface area (Å²) in [4.78, 5) is 12.0. The fourth-order valence-corrected chi connectivity index (χ4v) is 3.34. The number of anilines is 1. The molecule has 5 nitrogen and oxygen atoms in total. The third kappa shape index (κ3) is 5.48. The summed E-state index contributed by atoms with van der Waals surface area (Å²) < 4.78 is 40.3. The molecule has 0 atom stereocenters. The van der Waals surface area contributed by atoms with Crippen LogP contribution in [0.2, 0.25) is 0 Å². The van der Waals surface area contributed by atoms with Crippen LogP contribution in [-0.4, -0.2) is 20.9 Å². The highest BCUT2D eigenvalue weighted by Gasteiger charge is 2.11. The number of carbonyl (C=O) groups excluding carboxylic acids is 1. The fraction of sp³-hybridized carbons (Fsp3) is 0.118. The Morgan fingerprint density at radius 2 is 1.88 bits per heavy atom. The molecule has 0 saturated heterocycles. The Morgan fingerprint density at radius 3 is 2.48 bits per heavy atom. The number of benzene rings is 2. The molecule has 8 heteroatoms. The first kappa shape index (κ1) is 19.3. The number of hydrogen-bond donors (Lipinski definition) is 2. The van der Waals surface area contributed by atoms with Crippen LogP contribution in [0.5, 0.6) is 0 Å². The lowest BCUT2D eigenvalue weighted by Crippen LogP contribution is -2.22. The van der Waals surface area contributed by atoms with Gasteiger partial charge in [-0.3, -0.25) is 4.79 Å². The van der Waals surface area contributed by atoms with Crippen molar-refractivity contribution in [1.29, 1.82) is 0 Å². The molecule has 0 bridgehead atoms. The van der Waals surface area contributed by atoms with Crippen LogP contribution >= 0.6 is 15.9 Å². The summed E-state index contributed by atoms with van der Waals surface area (Å²) in [6.45, 7) is 2.00. The largest absolute Gasteiger partial charge is 0.320 e. The maximum atomic E-state index is 13.7. The molecular weight excluding hydrogens is 411 g/mol. The first-order valence-electron chi connectivity index (χ1n) is 7.35. The van der Waals surface area contributed by atoms with Gasteiger partial charge >= 0.3 is 0 Å². The summed E-state index contributed by atoms with van der Waals surface area (Å²) in [5.74, 6) is -1.04. The predicted octanol–water partition coefficient (Wildman–Crippen LogP) is 3.54. The first-order valence-corrected chi connectivity index (χ1v) is 9.63. The molecule has 0 heterocycles. The van der Waals surface area contributed by atoms with Gasteiger partial charge in [0, 0.05) is 17.1 Å². The topological polar surface area (TPSA) is 75.3 Å². The van der Waals surface area contributed by atoms with Gasteiger partial charge in [-0.15, -0.1) is 0 Å². The van der Waals surface area contributed by atoms with E-state index in [1.165, 1.54) is 36.4 Å². The maximum Gasteiger partial charge on any atom is 0.248 e. The van der Waals surface area contributed by atoms with Gasteiger partial charge in [-0.25, -0.2) is 17.5 Å². The normalized spacial score (nSPS) is 11.6. The number of halogens is 2. The molecule has 0 aliphatic heterocycles. The molecule has 2 aromatic carbocycles. The van der Waals surface area contributed by atoms with Gasteiger partial charge in [-0.1, -0.05) is 35.0 Å². The standard InChI is InChI=1S/C17H16BrFN2O3S/c1-2-20-25(23,24)14-7-3-12(4-8-14)5-10-17(22)21-16-9-6-13(18)11-15(16)19/h3-11,20H,2H2,1H3,(H,21,22)/b10-5+. The zero-order chi connectivity index (χ0) is 18.4. The highest BCUT2D eigenvalue weighted by atomic mass is 79.9. The molecule has 132 valence electrons. The summed E-state index contributed by atoms with van der Waals surface area (Å²) in [6.07, 6.45) is 2.75. The monoisotopic (exact) mass is 426 g/mol. The van der Waals surface area contributed by atoms with Gasteiger partial charge in [0.2, 0.25) is 15.9 Å². The van der Waals surface area contributed by atoms with E-state index in [1.807, 2.05) is 0 Å². The number of hydrogen-bond acceptors (Lipinski definition) is 3. The lowest BCUT2D eigenvalue weighted by atomic mass is 10.2. The van der Waals surface area contributed by atoms with Gasteiger partial charge in [0.1, 0.15) is 5.82 Å². The molecule has 2 rings (SSSR count). The van der Waals surface area contributed by atoms with Crippen molar-refractivity contribution in [3.8, 4) is 0 Å². The van der Waals surface area contributed by atoms with Crippen molar-refractivity contribution in [2.45, 2.75) is 11.8 Å². The van der Waals surface area contributed by atoms with E-state index in [1.54, 1.807) is 25.1 Å². The lowest BCUT2D eigenvalue weighted by molar-refractivity contribution is -0.111. The molecular formula is C17H16BrFN2O3S. The summed E-state index contributed by atoms with van der Waals surface area (Å²) >= 11 is 3.14. The van der Waals surface area contributed by atoms with E-state index in [0.29, 0.717) is 16.6 Å². The third-order valence-corrected chi connectivity index (χ3v) is 5.20. The second kappa shape index (κ2) is 8.37. The van der Waals surface area contributed by atoms with E-state index in [0.717, 1.165) is 0 Å². The molecule has 0 radical (unpaired) electrons. The third-order valence-electron chi connectivity index (χ3n) is 3.14. The Hall–Kier alpha value is -2.03. The highest BCUT2D eigenvalue weighted by molar-refractivity contribution is 9.10. The molecule has 0 spiro atoms. The van der Waals surface area contributed by atoms with Gasteiger partial charge in [0.25, 0.3) is 0 Å². The molecule has 0 unspecified atom stereocenters. The van der Waals surface area contributed by atoms with Crippen molar-refractivity contribution >= 4 is 43.6 Å². The van der Waals surface area contributed by atoms with Gasteiger partial charge < -0.3 is 5.32 Å². The summed E-state index contributed by atoms with van der Waals surface area (Å²) in [5, 5.41) is 2.43. The van der Waals surface area contributed by atoms with Crippen LogP contribution in [-0.2, 0) is 14.8 Å². The van der Waals surface area contributed by atoms with Crippen molar-refractivity contribution in [2.24, 2.45) is 0 Å². The minimum atomic E-state index is -3.51. The predicted molar refractivity (Wildman–Crippen MR) is 99.1 cm³/mol. The first-order chi connectivity index (χ1) is 11.8. The Bertz CT molecular complexity index is 897. The number of amides is 1. The van der Waals surface area contributed by atoms with Crippen LogP contribution in [0, 0.1) is 5.82 Å². The fourth-order valence-electron chi connectivity index (χ4n) is 1.97. The second-order valence-electron chi connectivity index (χ2n) is 5.02. The Balaban J connectivity index is 2.05. The van der Waals surface area contributed by atoms with Crippen LogP contribution in [0.1, 0.15) is 12.5 Å². The zero-order valence-electron chi connectivity index (χ0n) is 13.3. The van der Waals surface area contributed by atoms with E-state index < -0.39 is 21.7 Å². The average molecular weight is 427 g/mol. The van der Waals surface area contributed by atoms with Crippen molar-refractivity contribution in [2.75, 3.05) is 11.9 Å². The lowest BCUT2D eigenvalue weighted by Gasteiger charge is -2.05. The molecule has 0 saturated carbocycles. The van der Waals surface area contributed by atoms with Crippen molar-refractivity contribution in [3.05, 3.63) is 64.4 Å². The highest BCUT2D eigenvalue weighted by Crippen LogP contribution is 2.19. The van der Waals surface area contributed by atoms with Gasteiger partial charge in [0.05, 0.1) is 10.6 Å². The molecule has 25 heavy (non-hydrogen) atoms. The minimum absolute atomic E-state index is 0.0740. The van der Waals surface area contributed by atoms with Gasteiger partial charge in [0.15, 0.2) is 0 Å². The average Bonchev–Trinajstić information content (AvgIpc) is 2.56. The maximum absolute atomic E-state index is 13.7. The Labute approximate surface area is 154 Å². The SMILES string of the molecule is CCNS(=O)(=O)c1ccc(/C=C/C(=O)Nc2ccc(Br)cc2F)cc1. The van der Waals surface area contributed by atoms with E-state index >= 15 is 0 Å². The van der Waals surface area contributed by atoms with Crippen LogP contribution < -0.4 is 10.0 Å². The van der Waals surface area contributed by atoms with Gasteiger partial charge in [-0.05, 0) is 42.0 Å². The van der Waals surface area contributed by atoms with Crippen LogP contribution in [0.3, 0.4) is 0 Å². The van der Waals surface area contributed by atoms with Crippen LogP contribution in [0.4, 0.5) is 10.1 Å². The molecule has 0 aromatic heterocycles. The molecule has 0 aliphatic carbocycles. The summed E-state index contributed by atoms with van der Waals surface area (Å²) in [6, 6.07) is 10.4. The van der Waals surface area contributed by atoms with E-state index in [9.17, 15) is 17.6 Å². The van der Waals surface area contributed by atoms with E-state index in [4.69, 9.17) is 0 Å². The number of nitrogens with one attached hydrogen (secondary N) is 2. The molecule has 2 aromatic rings. The zero-order valence-corrected chi connectivity index (χ0v) is 15.7. The quantitative estimate of drug-likeness (QED) is 0.693. The summed E-state index contributed by atoms with van der Waals surface area (Å²) in [5.41, 5.74) is 0.715. The molecule has 1 amide bonds.